The lowest BCUT2D eigenvalue weighted by molar-refractivity contribution is 0.0972. The van der Waals surface area contributed by atoms with E-state index in [-0.39, 0.29) is 29.7 Å². The van der Waals surface area contributed by atoms with Gasteiger partial charge in [0, 0.05) is 13.6 Å². The molecule has 0 spiro atoms. The highest BCUT2D eigenvalue weighted by Gasteiger charge is 2.37. The van der Waals surface area contributed by atoms with E-state index in [1.165, 1.54) is 25.7 Å². The van der Waals surface area contributed by atoms with Crippen molar-refractivity contribution in [3.63, 3.8) is 0 Å². The van der Waals surface area contributed by atoms with Crippen molar-refractivity contribution in [2.45, 2.75) is 46.1 Å². The summed E-state index contributed by atoms with van der Waals surface area (Å²) in [5.41, 5.74) is 5.59. The third-order valence-corrected chi connectivity index (χ3v) is 4.44. The number of hydrogen-bond donors (Lipinski definition) is 3. The summed E-state index contributed by atoms with van der Waals surface area (Å²) in [6.45, 7) is 5.96. The minimum Gasteiger partial charge on any atom is -0.454 e. The number of furan rings is 1. The molecule has 1 amide bonds. The number of nitrogens with one attached hydrogen (secondary N) is 2. The number of halogens is 1. The Hall–Kier alpha value is -1.25. The van der Waals surface area contributed by atoms with E-state index in [0.29, 0.717) is 23.6 Å². The molecule has 1 aromatic rings. The number of nitrogens with zero attached hydrogens (tertiary/aromatic N) is 1. The summed E-state index contributed by atoms with van der Waals surface area (Å²) in [4.78, 5) is 15.3. The van der Waals surface area contributed by atoms with E-state index in [4.69, 9.17) is 10.2 Å². The van der Waals surface area contributed by atoms with E-state index in [0.717, 1.165) is 12.5 Å². The lowest BCUT2D eigenvalue weighted by atomic mass is 9.64. The van der Waals surface area contributed by atoms with Crippen LogP contribution in [-0.4, -0.2) is 25.5 Å². The quantitative estimate of drug-likeness (QED) is 0.340. The SMILES string of the molecule is CN=C(NCc1ccc(C(N)=O)o1)NCC1(CC(C)C)CCC1.I. The normalized spacial score (nSPS) is 16.2. The van der Waals surface area contributed by atoms with Gasteiger partial charge in [0.1, 0.15) is 5.76 Å². The zero-order chi connectivity index (χ0) is 16.9. The smallest absolute Gasteiger partial charge is 0.284 e. The fraction of sp³-hybridized carbons (Fsp3) is 0.647. The maximum Gasteiger partial charge on any atom is 0.284 e. The van der Waals surface area contributed by atoms with Crippen molar-refractivity contribution in [3.05, 3.63) is 23.7 Å². The van der Waals surface area contributed by atoms with Crippen molar-refractivity contribution in [1.29, 1.82) is 0 Å². The predicted octanol–water partition coefficient (Wildman–Crippen LogP) is 2.88. The second-order valence-corrected chi connectivity index (χ2v) is 6.86. The Balaban J connectivity index is 0.00000288. The minimum absolute atomic E-state index is 0. The van der Waals surface area contributed by atoms with E-state index >= 15 is 0 Å². The zero-order valence-electron chi connectivity index (χ0n) is 14.7. The molecule has 0 radical (unpaired) electrons. The van der Waals surface area contributed by atoms with Crippen LogP contribution in [0.3, 0.4) is 0 Å². The highest BCUT2D eigenvalue weighted by molar-refractivity contribution is 14.0. The number of primary amides is 1. The Labute approximate surface area is 161 Å². The second kappa shape index (κ2) is 9.29. The molecule has 0 saturated heterocycles. The molecule has 0 atom stereocenters. The number of amides is 1. The van der Waals surface area contributed by atoms with Crippen LogP contribution in [0.25, 0.3) is 0 Å². The third-order valence-electron chi connectivity index (χ3n) is 4.44. The molecule has 0 aromatic carbocycles. The average Bonchev–Trinajstić information content (AvgIpc) is 2.93. The topological polar surface area (TPSA) is 92.6 Å². The van der Waals surface area contributed by atoms with Gasteiger partial charge in [-0.05, 0) is 42.7 Å². The van der Waals surface area contributed by atoms with Crippen molar-refractivity contribution < 1.29 is 9.21 Å². The first-order chi connectivity index (χ1) is 10.9. The van der Waals surface area contributed by atoms with Gasteiger partial charge in [-0.1, -0.05) is 20.3 Å². The van der Waals surface area contributed by atoms with Gasteiger partial charge in [0.15, 0.2) is 11.7 Å². The average molecular weight is 448 g/mol. The number of nitrogens with two attached hydrogens (primary N) is 1. The predicted molar refractivity (Wildman–Crippen MR) is 107 cm³/mol. The third kappa shape index (κ3) is 5.68. The summed E-state index contributed by atoms with van der Waals surface area (Å²) in [6, 6.07) is 3.33. The van der Waals surface area contributed by atoms with Gasteiger partial charge in [-0.3, -0.25) is 9.79 Å². The van der Waals surface area contributed by atoms with Gasteiger partial charge < -0.3 is 20.8 Å². The molecule has 1 aromatic heterocycles. The first kappa shape index (κ1) is 20.8. The fourth-order valence-electron chi connectivity index (χ4n) is 3.26. The number of guanidine groups is 1. The van der Waals surface area contributed by atoms with E-state index < -0.39 is 5.91 Å². The Morgan fingerprint density at radius 2 is 2.08 bits per heavy atom. The van der Waals surface area contributed by atoms with Crippen LogP contribution in [0.2, 0.25) is 0 Å². The Bertz CT molecular complexity index is 565. The Morgan fingerprint density at radius 3 is 2.54 bits per heavy atom. The number of aliphatic imine (C=N–C) groups is 1. The molecule has 0 aliphatic heterocycles. The molecule has 4 N–H and O–H groups in total. The van der Waals surface area contributed by atoms with Crippen molar-refractivity contribution in [3.8, 4) is 0 Å². The molecule has 24 heavy (non-hydrogen) atoms. The summed E-state index contributed by atoms with van der Waals surface area (Å²) in [7, 11) is 1.75. The van der Waals surface area contributed by atoms with Crippen LogP contribution in [0.15, 0.2) is 21.5 Å². The standard InChI is InChI=1S/C17H28N4O2.HI/c1-12(2)9-17(7-4-8-17)11-21-16(19-3)20-10-13-5-6-14(23-13)15(18)22;/h5-6,12H,4,7-11H2,1-3H3,(H2,18,22)(H2,19,20,21);1H. The molecule has 0 bridgehead atoms. The van der Waals surface area contributed by atoms with E-state index in [9.17, 15) is 4.79 Å². The van der Waals surface area contributed by atoms with E-state index in [2.05, 4.69) is 29.5 Å². The van der Waals surface area contributed by atoms with Gasteiger partial charge in [0.05, 0.1) is 6.54 Å². The summed E-state index contributed by atoms with van der Waals surface area (Å²) in [5.74, 6) is 1.73. The highest BCUT2D eigenvalue weighted by Crippen LogP contribution is 2.45. The van der Waals surface area contributed by atoms with Crippen molar-refractivity contribution >= 4 is 35.8 Å². The lowest BCUT2D eigenvalue weighted by Crippen LogP contribution is -2.46. The van der Waals surface area contributed by atoms with Gasteiger partial charge in [0.25, 0.3) is 5.91 Å². The van der Waals surface area contributed by atoms with Gasteiger partial charge in [-0.15, -0.1) is 24.0 Å². The van der Waals surface area contributed by atoms with Crippen LogP contribution < -0.4 is 16.4 Å². The largest absolute Gasteiger partial charge is 0.454 e. The highest BCUT2D eigenvalue weighted by atomic mass is 127. The van der Waals surface area contributed by atoms with Crippen molar-refractivity contribution in [2.75, 3.05) is 13.6 Å². The summed E-state index contributed by atoms with van der Waals surface area (Å²) >= 11 is 0. The second-order valence-electron chi connectivity index (χ2n) is 6.86. The Morgan fingerprint density at radius 1 is 1.38 bits per heavy atom. The van der Waals surface area contributed by atoms with Crippen LogP contribution in [0.5, 0.6) is 0 Å². The lowest BCUT2D eigenvalue weighted by Gasteiger charge is -2.43. The molecule has 7 heteroatoms. The first-order valence-corrected chi connectivity index (χ1v) is 8.27. The summed E-state index contributed by atoms with van der Waals surface area (Å²) in [6.07, 6.45) is 5.14. The number of hydrogen-bond acceptors (Lipinski definition) is 3. The van der Waals surface area contributed by atoms with E-state index in [1.54, 1.807) is 19.2 Å². The van der Waals surface area contributed by atoms with Crippen LogP contribution in [0.1, 0.15) is 55.8 Å². The summed E-state index contributed by atoms with van der Waals surface area (Å²) in [5, 5.41) is 6.63. The van der Waals surface area contributed by atoms with Gasteiger partial charge in [-0.25, -0.2) is 0 Å². The fourth-order valence-corrected chi connectivity index (χ4v) is 3.26. The monoisotopic (exact) mass is 448 g/mol. The van der Waals surface area contributed by atoms with Gasteiger partial charge >= 0.3 is 0 Å². The zero-order valence-corrected chi connectivity index (χ0v) is 17.1. The van der Waals surface area contributed by atoms with Gasteiger partial charge in [0.2, 0.25) is 0 Å². The van der Waals surface area contributed by atoms with Crippen LogP contribution in [-0.2, 0) is 6.54 Å². The molecule has 1 saturated carbocycles. The number of carbonyl (C=O) groups excluding carboxylic acids is 1. The molecule has 2 rings (SSSR count). The molecular weight excluding hydrogens is 419 g/mol. The maximum absolute atomic E-state index is 11.0. The van der Waals surface area contributed by atoms with Crippen LogP contribution in [0.4, 0.5) is 0 Å². The van der Waals surface area contributed by atoms with Crippen LogP contribution in [0, 0.1) is 11.3 Å². The molecule has 1 fully saturated rings. The molecular formula is C17H29IN4O2. The maximum atomic E-state index is 11.0. The van der Waals surface area contributed by atoms with Gasteiger partial charge in [-0.2, -0.15) is 0 Å². The van der Waals surface area contributed by atoms with E-state index in [1.807, 2.05) is 0 Å². The van der Waals surface area contributed by atoms with Crippen molar-refractivity contribution in [2.24, 2.45) is 22.1 Å². The van der Waals surface area contributed by atoms with Crippen LogP contribution >= 0.6 is 24.0 Å². The molecule has 136 valence electrons. The number of rotatable bonds is 7. The molecule has 6 nitrogen and oxygen atoms in total. The molecule has 1 aliphatic carbocycles. The molecule has 1 heterocycles. The minimum atomic E-state index is -0.556. The first-order valence-electron chi connectivity index (χ1n) is 8.27. The summed E-state index contributed by atoms with van der Waals surface area (Å²) < 4.78 is 5.35. The van der Waals surface area contributed by atoms with Crippen molar-refractivity contribution in [1.82, 2.24) is 10.6 Å². The molecule has 0 unspecified atom stereocenters. The Kier molecular flexibility index (Phi) is 8.05. The number of carbonyl (C=O) groups is 1. The molecule has 1 aliphatic rings.